The molecule has 0 saturated heterocycles. The van der Waals surface area contributed by atoms with Crippen molar-refractivity contribution in [3.63, 3.8) is 0 Å². The van der Waals surface area contributed by atoms with Gasteiger partial charge in [0, 0.05) is 0 Å². The van der Waals surface area contributed by atoms with Gasteiger partial charge in [-0.05, 0) is 24.8 Å². The normalized spacial score (nSPS) is 9.31. The molecule has 0 amide bonds. The molecule has 4 heteroatoms. The van der Waals surface area contributed by atoms with Gasteiger partial charge in [0.25, 0.3) is 0 Å². The Hall–Kier alpha value is -1.58. The molecule has 0 aliphatic rings. The number of carboxylic acids is 1. The van der Waals surface area contributed by atoms with Gasteiger partial charge in [-0.15, -0.1) is 0 Å². The average Bonchev–Trinajstić information content (AvgIpc) is 2.61. The number of aliphatic imine (C=N–C) groups is 1. The molecule has 0 aromatic carbocycles. The van der Waals surface area contributed by atoms with Crippen LogP contribution in [0.1, 0.15) is 13.3 Å². The van der Waals surface area contributed by atoms with Gasteiger partial charge in [-0.25, -0.2) is 0 Å². The summed E-state index contributed by atoms with van der Waals surface area (Å²) in [5, 5.41) is 8.03. The minimum Gasteiger partial charge on any atom is -0.480 e. The largest absolute Gasteiger partial charge is 0.480 e. The smallest absolute Gasteiger partial charge is 0.325 e. The van der Waals surface area contributed by atoms with E-state index < -0.39 is 5.97 Å². The standard InChI is InChI=1S/C5H9NO2.C4H4O/c1-2-3-6-4-5(7)8;1-2-4-5-3-1/h3H,2,4H2,1H3,(H,7,8);1-4H. The summed E-state index contributed by atoms with van der Waals surface area (Å²) >= 11 is 0. The summed E-state index contributed by atoms with van der Waals surface area (Å²) in [5.41, 5.74) is 0. The van der Waals surface area contributed by atoms with Gasteiger partial charge in [0.05, 0.1) is 12.5 Å². The molecular formula is C9H13NO3. The Morgan fingerprint density at radius 2 is 2.15 bits per heavy atom. The minimum absolute atomic E-state index is 0.103. The minimum atomic E-state index is -0.880. The van der Waals surface area contributed by atoms with Crippen molar-refractivity contribution in [2.75, 3.05) is 6.54 Å². The third-order valence-corrected chi connectivity index (χ3v) is 0.964. The Balaban J connectivity index is 0.000000243. The molecule has 0 aliphatic carbocycles. The van der Waals surface area contributed by atoms with Crippen LogP contribution in [0.3, 0.4) is 0 Å². The molecule has 0 spiro atoms. The van der Waals surface area contributed by atoms with Crippen molar-refractivity contribution in [3.8, 4) is 0 Å². The van der Waals surface area contributed by atoms with Crippen molar-refractivity contribution in [3.05, 3.63) is 24.7 Å². The summed E-state index contributed by atoms with van der Waals surface area (Å²) in [7, 11) is 0. The predicted octanol–water partition coefficient (Wildman–Crippen LogP) is 1.83. The van der Waals surface area contributed by atoms with Crippen LogP contribution in [0.2, 0.25) is 0 Å². The second-order valence-electron chi connectivity index (χ2n) is 2.12. The lowest BCUT2D eigenvalue weighted by Crippen LogP contribution is -1.98. The van der Waals surface area contributed by atoms with E-state index in [-0.39, 0.29) is 6.54 Å². The van der Waals surface area contributed by atoms with Gasteiger partial charge in [-0.3, -0.25) is 9.79 Å². The Morgan fingerprint density at radius 1 is 1.54 bits per heavy atom. The van der Waals surface area contributed by atoms with Crippen LogP contribution in [0.25, 0.3) is 0 Å². The number of carbonyl (C=O) groups is 1. The van der Waals surface area contributed by atoms with E-state index in [2.05, 4.69) is 9.41 Å². The molecule has 1 rings (SSSR count). The van der Waals surface area contributed by atoms with Crippen molar-refractivity contribution in [2.24, 2.45) is 4.99 Å². The Morgan fingerprint density at radius 3 is 2.46 bits per heavy atom. The summed E-state index contributed by atoms with van der Waals surface area (Å²) in [6.07, 6.45) is 5.64. The van der Waals surface area contributed by atoms with E-state index in [0.717, 1.165) is 6.42 Å². The van der Waals surface area contributed by atoms with Crippen molar-refractivity contribution >= 4 is 12.2 Å². The van der Waals surface area contributed by atoms with Crippen LogP contribution in [0, 0.1) is 0 Å². The quantitative estimate of drug-likeness (QED) is 0.727. The van der Waals surface area contributed by atoms with E-state index in [1.165, 1.54) is 0 Å². The number of nitrogens with zero attached hydrogens (tertiary/aromatic N) is 1. The molecule has 0 fully saturated rings. The number of carboxylic acid groups (broad SMARTS) is 1. The molecule has 1 N–H and O–H groups in total. The second-order valence-corrected chi connectivity index (χ2v) is 2.12. The highest BCUT2D eigenvalue weighted by Crippen LogP contribution is 1.79. The highest BCUT2D eigenvalue weighted by molar-refractivity contribution is 5.71. The first-order chi connectivity index (χ1) is 6.27. The molecule has 0 radical (unpaired) electrons. The highest BCUT2D eigenvalue weighted by Gasteiger charge is 1.87. The third kappa shape index (κ3) is 10.4. The molecule has 72 valence electrons. The molecule has 0 unspecified atom stereocenters. The topological polar surface area (TPSA) is 62.8 Å². The Bertz CT molecular complexity index is 212. The summed E-state index contributed by atoms with van der Waals surface area (Å²) in [5.74, 6) is -0.880. The van der Waals surface area contributed by atoms with E-state index >= 15 is 0 Å². The highest BCUT2D eigenvalue weighted by atomic mass is 16.4. The van der Waals surface area contributed by atoms with Crippen LogP contribution in [-0.2, 0) is 4.79 Å². The van der Waals surface area contributed by atoms with Crippen LogP contribution in [0.15, 0.2) is 34.1 Å². The van der Waals surface area contributed by atoms with Gasteiger partial charge in [0.1, 0.15) is 6.54 Å². The molecule has 1 aromatic heterocycles. The van der Waals surface area contributed by atoms with Gasteiger partial charge in [-0.2, -0.15) is 0 Å². The monoisotopic (exact) mass is 183 g/mol. The molecule has 13 heavy (non-hydrogen) atoms. The first kappa shape index (κ1) is 11.4. The molecule has 1 heterocycles. The maximum Gasteiger partial charge on any atom is 0.325 e. The lowest BCUT2D eigenvalue weighted by atomic mass is 10.5. The number of aliphatic carboxylic acids is 1. The molecule has 1 aromatic rings. The van der Waals surface area contributed by atoms with Gasteiger partial charge in [-0.1, -0.05) is 6.92 Å². The van der Waals surface area contributed by atoms with Crippen LogP contribution in [0.5, 0.6) is 0 Å². The molecule has 0 saturated carbocycles. The maximum atomic E-state index is 9.76. The van der Waals surface area contributed by atoms with Crippen LogP contribution in [0.4, 0.5) is 0 Å². The summed E-state index contributed by atoms with van der Waals surface area (Å²) < 4.78 is 4.58. The van der Waals surface area contributed by atoms with E-state index in [1.807, 2.05) is 19.1 Å². The first-order valence-corrected chi connectivity index (χ1v) is 3.94. The van der Waals surface area contributed by atoms with Gasteiger partial charge < -0.3 is 9.52 Å². The molecule has 0 atom stereocenters. The van der Waals surface area contributed by atoms with Crippen LogP contribution in [-0.4, -0.2) is 23.8 Å². The van der Waals surface area contributed by atoms with Crippen molar-refractivity contribution in [1.82, 2.24) is 0 Å². The van der Waals surface area contributed by atoms with E-state index in [1.54, 1.807) is 18.7 Å². The SMILES string of the molecule is CCC=NCC(=O)O.c1ccoc1. The van der Waals surface area contributed by atoms with Crippen molar-refractivity contribution in [1.29, 1.82) is 0 Å². The summed E-state index contributed by atoms with van der Waals surface area (Å²) in [4.78, 5) is 13.3. The number of furan rings is 1. The molecule has 0 aliphatic heterocycles. The fourth-order valence-electron chi connectivity index (χ4n) is 0.499. The first-order valence-electron chi connectivity index (χ1n) is 3.94. The molecule has 4 nitrogen and oxygen atoms in total. The zero-order valence-corrected chi connectivity index (χ0v) is 7.51. The van der Waals surface area contributed by atoms with Crippen molar-refractivity contribution in [2.45, 2.75) is 13.3 Å². The summed E-state index contributed by atoms with van der Waals surface area (Å²) in [6.45, 7) is 1.80. The van der Waals surface area contributed by atoms with Crippen LogP contribution < -0.4 is 0 Å². The van der Waals surface area contributed by atoms with E-state index in [4.69, 9.17) is 5.11 Å². The van der Waals surface area contributed by atoms with Crippen molar-refractivity contribution < 1.29 is 14.3 Å². The molecule has 0 bridgehead atoms. The number of hydrogen-bond donors (Lipinski definition) is 1. The van der Waals surface area contributed by atoms with E-state index in [9.17, 15) is 4.79 Å². The number of rotatable bonds is 3. The third-order valence-electron chi connectivity index (χ3n) is 0.964. The fraction of sp³-hybridized carbons (Fsp3) is 0.333. The Labute approximate surface area is 76.9 Å². The zero-order chi connectivity index (χ0) is 9.94. The molecular weight excluding hydrogens is 170 g/mol. The van der Waals surface area contributed by atoms with Crippen LogP contribution >= 0.6 is 0 Å². The maximum absolute atomic E-state index is 9.76. The average molecular weight is 183 g/mol. The second kappa shape index (κ2) is 8.52. The predicted molar refractivity (Wildman–Crippen MR) is 50.0 cm³/mol. The fourth-order valence-corrected chi connectivity index (χ4v) is 0.499. The zero-order valence-electron chi connectivity index (χ0n) is 7.51. The van der Waals surface area contributed by atoms with E-state index in [0.29, 0.717) is 0 Å². The lowest BCUT2D eigenvalue weighted by Gasteiger charge is -1.80. The Kier molecular flexibility index (Phi) is 7.48. The number of hydrogen-bond acceptors (Lipinski definition) is 3. The van der Waals surface area contributed by atoms with Gasteiger partial charge in [0.15, 0.2) is 0 Å². The van der Waals surface area contributed by atoms with Gasteiger partial charge >= 0.3 is 5.97 Å². The summed E-state index contributed by atoms with van der Waals surface area (Å²) in [6, 6.07) is 3.67. The lowest BCUT2D eigenvalue weighted by molar-refractivity contribution is -0.135. The van der Waals surface area contributed by atoms with Gasteiger partial charge in [0.2, 0.25) is 0 Å².